The van der Waals surface area contributed by atoms with Gasteiger partial charge in [0.05, 0.1) is 25.1 Å². The van der Waals surface area contributed by atoms with Gasteiger partial charge in [0.2, 0.25) is 5.88 Å². The van der Waals surface area contributed by atoms with Gasteiger partial charge in [-0.2, -0.15) is 0 Å². The molecule has 1 heterocycles. The Bertz CT molecular complexity index is 1130. The Morgan fingerprint density at radius 3 is 2.53 bits per heavy atom. The minimum absolute atomic E-state index is 0. The third-order valence-electron chi connectivity index (χ3n) is 4.83. The molecule has 0 fully saturated rings. The number of rotatable bonds is 10. The molecule has 3 rings (SSSR count). The quantitative estimate of drug-likeness (QED) is 0.286. The van der Waals surface area contributed by atoms with Crippen LogP contribution in [0, 0.1) is 0 Å². The molecule has 1 aromatic heterocycles. The van der Waals surface area contributed by atoms with Crippen LogP contribution in [0.25, 0.3) is 10.9 Å². The van der Waals surface area contributed by atoms with E-state index in [2.05, 4.69) is 10.3 Å². The summed E-state index contributed by atoms with van der Waals surface area (Å²) in [6.45, 7) is 3.74. The smallest absolute Gasteiger partial charge is 0.506 e. The largest absolute Gasteiger partial charge is 0.515 e. The molecule has 0 saturated heterocycles. The number of carbonyl (C=O) groups excluding carboxylic acids is 3. The topological polar surface area (TPSA) is 127 Å². The molecule has 182 valence electrons. The zero-order chi connectivity index (χ0) is 23.8. The highest BCUT2D eigenvalue weighted by atomic mass is 35.5. The van der Waals surface area contributed by atoms with Crippen molar-refractivity contribution in [2.75, 3.05) is 13.2 Å². The fraction of sp³-hybridized carbons (Fsp3) is 0.292. The normalized spacial score (nSPS) is 11.4. The first-order valence-electron chi connectivity index (χ1n) is 10.5. The van der Waals surface area contributed by atoms with Gasteiger partial charge in [-0.05, 0) is 31.5 Å². The molecule has 3 N–H and O–H groups in total. The molecule has 9 nitrogen and oxygen atoms in total. The Labute approximate surface area is 202 Å². The molecule has 0 amide bonds. The lowest BCUT2D eigenvalue weighted by atomic mass is 10.0. The van der Waals surface area contributed by atoms with Gasteiger partial charge in [0, 0.05) is 23.1 Å². The molecule has 3 aromatic rings. The lowest BCUT2D eigenvalue weighted by Gasteiger charge is -2.13. The number of ketones is 1. The van der Waals surface area contributed by atoms with Crippen molar-refractivity contribution >= 4 is 41.2 Å². The van der Waals surface area contributed by atoms with Crippen LogP contribution in [0.5, 0.6) is 11.6 Å². The fourth-order valence-corrected chi connectivity index (χ4v) is 3.20. The van der Waals surface area contributed by atoms with Crippen LogP contribution in [0.1, 0.15) is 36.2 Å². The maximum atomic E-state index is 12.8. The monoisotopic (exact) mass is 490 g/mol. The summed E-state index contributed by atoms with van der Waals surface area (Å²) in [6.07, 6.45) is -0.793. The molecule has 0 saturated carbocycles. The van der Waals surface area contributed by atoms with E-state index in [0.717, 1.165) is 5.56 Å². The van der Waals surface area contributed by atoms with Gasteiger partial charge in [0.15, 0.2) is 5.78 Å². The summed E-state index contributed by atoms with van der Waals surface area (Å²) in [6, 6.07) is 13.4. The summed E-state index contributed by atoms with van der Waals surface area (Å²) in [4.78, 5) is 39.2. The number of carbonyl (C=O) groups is 3. The highest BCUT2D eigenvalue weighted by Gasteiger charge is 2.18. The maximum absolute atomic E-state index is 12.8. The van der Waals surface area contributed by atoms with Gasteiger partial charge in [0.25, 0.3) is 0 Å². The summed E-state index contributed by atoms with van der Waals surface area (Å²) >= 11 is 0. The number of nitrogens with one attached hydrogen (secondary N) is 2. The Kier molecular flexibility index (Phi) is 9.91. The molecule has 0 aliphatic heterocycles. The van der Waals surface area contributed by atoms with Crippen molar-refractivity contribution in [3.63, 3.8) is 0 Å². The molecule has 1 atom stereocenters. The highest BCUT2D eigenvalue weighted by Crippen LogP contribution is 2.31. The van der Waals surface area contributed by atoms with Gasteiger partial charge in [-0.3, -0.25) is 9.59 Å². The molecule has 0 bridgehead atoms. The van der Waals surface area contributed by atoms with Crippen LogP contribution in [0.15, 0.2) is 48.5 Å². The molecule has 0 radical (unpaired) electrons. The number of benzene rings is 2. The number of hydrogen-bond acceptors (Lipinski definition) is 8. The van der Waals surface area contributed by atoms with Gasteiger partial charge in [-0.15, -0.1) is 12.4 Å². The lowest BCUT2D eigenvalue weighted by Crippen LogP contribution is -2.33. The predicted octanol–water partition coefficient (Wildman–Crippen LogP) is 4.12. The van der Waals surface area contributed by atoms with E-state index in [9.17, 15) is 19.5 Å². The first-order valence-corrected chi connectivity index (χ1v) is 10.5. The molecule has 0 spiro atoms. The number of fused-ring (bicyclic) bond motifs is 1. The van der Waals surface area contributed by atoms with E-state index in [0.29, 0.717) is 10.9 Å². The second kappa shape index (κ2) is 12.6. The predicted molar refractivity (Wildman–Crippen MR) is 128 cm³/mol. The molecular weight excluding hydrogens is 464 g/mol. The number of aromatic amines is 1. The van der Waals surface area contributed by atoms with E-state index in [1.54, 1.807) is 13.8 Å². The Morgan fingerprint density at radius 2 is 1.82 bits per heavy atom. The number of phenolic OH excluding ortho intramolecular Hbond substituents is 1. The molecule has 0 aliphatic carbocycles. The van der Waals surface area contributed by atoms with Gasteiger partial charge in [0.1, 0.15) is 12.4 Å². The summed E-state index contributed by atoms with van der Waals surface area (Å²) < 4.78 is 15.0. The van der Waals surface area contributed by atoms with E-state index < -0.39 is 6.16 Å². The van der Waals surface area contributed by atoms with Crippen molar-refractivity contribution in [2.45, 2.75) is 32.9 Å². The fourth-order valence-electron chi connectivity index (χ4n) is 3.20. The number of Topliss-reactive ketones (excluding diaryl/α,β-unsaturated/α-hetero) is 1. The molecule has 10 heteroatoms. The Hall–Kier alpha value is -3.56. The number of halogens is 1. The van der Waals surface area contributed by atoms with Crippen LogP contribution in [0.3, 0.4) is 0 Å². The van der Waals surface area contributed by atoms with Crippen molar-refractivity contribution in [1.82, 2.24) is 10.3 Å². The average Bonchev–Trinajstić information content (AvgIpc) is 3.21. The number of esters is 1. The van der Waals surface area contributed by atoms with Gasteiger partial charge in [-0.25, -0.2) is 4.79 Å². The standard InChI is InChI=1S/C24H26N2O7.ClH/c1-3-31-24(30)33-21-12-18-17(9-10-19(27)23(18)26-21)20(28)13-25-15(2)11-22(29)32-14-16-7-5-4-6-8-16;/h4-10,12,15,25-27H,3,11,13-14H2,1-2H3;1H. The van der Waals surface area contributed by atoms with Crippen LogP contribution in [-0.4, -0.2) is 47.2 Å². The van der Waals surface area contributed by atoms with E-state index in [1.165, 1.54) is 18.2 Å². The summed E-state index contributed by atoms with van der Waals surface area (Å²) in [7, 11) is 0. The highest BCUT2D eigenvalue weighted by molar-refractivity contribution is 6.10. The van der Waals surface area contributed by atoms with Crippen molar-refractivity contribution in [3.8, 4) is 11.6 Å². The van der Waals surface area contributed by atoms with E-state index in [-0.39, 0.29) is 73.5 Å². The minimum atomic E-state index is -0.897. The molecule has 2 aromatic carbocycles. The van der Waals surface area contributed by atoms with Crippen LogP contribution in [-0.2, 0) is 20.9 Å². The second-order valence-electron chi connectivity index (χ2n) is 7.40. The zero-order valence-corrected chi connectivity index (χ0v) is 19.6. The van der Waals surface area contributed by atoms with Crippen LogP contribution >= 0.6 is 12.4 Å². The third-order valence-corrected chi connectivity index (χ3v) is 4.83. The number of aromatic hydroxyl groups is 1. The second-order valence-corrected chi connectivity index (χ2v) is 7.40. The number of hydrogen-bond donors (Lipinski definition) is 3. The number of ether oxygens (including phenoxy) is 3. The van der Waals surface area contributed by atoms with Crippen LogP contribution in [0.4, 0.5) is 4.79 Å². The summed E-state index contributed by atoms with van der Waals surface area (Å²) in [5.74, 6) is -0.680. The minimum Gasteiger partial charge on any atom is -0.506 e. The maximum Gasteiger partial charge on any atom is 0.515 e. The number of aromatic nitrogens is 1. The Morgan fingerprint density at radius 1 is 1.09 bits per heavy atom. The first kappa shape index (κ1) is 26.7. The SMILES string of the molecule is CCOC(=O)Oc1cc2c(C(=O)CNC(C)CC(=O)OCc3ccccc3)ccc(O)c2[nH]1.Cl. The zero-order valence-electron chi connectivity index (χ0n) is 18.8. The molecular formula is C24H27ClN2O7. The van der Waals surface area contributed by atoms with Crippen molar-refractivity contribution < 1.29 is 33.7 Å². The van der Waals surface area contributed by atoms with Crippen molar-refractivity contribution in [3.05, 3.63) is 59.7 Å². The van der Waals surface area contributed by atoms with E-state index in [1.807, 2.05) is 30.3 Å². The van der Waals surface area contributed by atoms with Gasteiger partial charge < -0.3 is 29.6 Å². The molecule has 1 unspecified atom stereocenters. The first-order chi connectivity index (χ1) is 15.9. The Balaban J connectivity index is 0.00000408. The molecule has 34 heavy (non-hydrogen) atoms. The van der Waals surface area contributed by atoms with Gasteiger partial charge >= 0.3 is 12.1 Å². The number of H-pyrrole nitrogens is 1. The summed E-state index contributed by atoms with van der Waals surface area (Å²) in [5.41, 5.74) is 1.48. The molecule has 0 aliphatic rings. The third kappa shape index (κ3) is 7.23. The van der Waals surface area contributed by atoms with Crippen LogP contribution in [0.2, 0.25) is 0 Å². The van der Waals surface area contributed by atoms with Crippen molar-refractivity contribution in [1.29, 1.82) is 0 Å². The lowest BCUT2D eigenvalue weighted by molar-refractivity contribution is -0.145. The average molecular weight is 491 g/mol. The van der Waals surface area contributed by atoms with E-state index in [4.69, 9.17) is 14.2 Å². The van der Waals surface area contributed by atoms with Crippen molar-refractivity contribution in [2.24, 2.45) is 0 Å². The number of phenols is 1. The summed E-state index contributed by atoms with van der Waals surface area (Å²) in [5, 5.41) is 13.5. The van der Waals surface area contributed by atoms with E-state index >= 15 is 0 Å². The van der Waals surface area contributed by atoms with Crippen LogP contribution < -0.4 is 10.1 Å². The van der Waals surface area contributed by atoms with Gasteiger partial charge in [-0.1, -0.05) is 30.3 Å².